The first-order valence-corrected chi connectivity index (χ1v) is 10.4. The van der Waals surface area contributed by atoms with Crippen LogP contribution >= 0.6 is 11.6 Å². The highest BCUT2D eigenvalue weighted by Gasteiger charge is 2.17. The van der Waals surface area contributed by atoms with Crippen molar-refractivity contribution in [2.75, 3.05) is 41.9 Å². The number of benzene rings is 1. The lowest BCUT2D eigenvalue weighted by atomic mass is 10.1. The predicted octanol–water partition coefficient (Wildman–Crippen LogP) is 4.00. The Bertz CT molecular complexity index is 1010. The fourth-order valence-corrected chi connectivity index (χ4v) is 3.55. The highest BCUT2D eigenvalue weighted by atomic mass is 35.5. The molecule has 0 aliphatic carbocycles. The predicted molar refractivity (Wildman–Crippen MR) is 122 cm³/mol. The highest BCUT2D eigenvalue weighted by Crippen LogP contribution is 2.27. The molecule has 1 fully saturated rings. The second-order valence-corrected chi connectivity index (χ2v) is 7.53. The molecule has 162 valence electrons. The molecule has 2 aromatic rings. The quantitative estimate of drug-likeness (QED) is 0.518. The van der Waals surface area contributed by atoms with Crippen molar-refractivity contribution in [2.24, 2.45) is 10.1 Å². The Morgan fingerprint density at radius 1 is 1.29 bits per heavy atom. The van der Waals surface area contributed by atoms with Crippen LogP contribution in [-0.4, -0.2) is 48.2 Å². The Hall–Kier alpha value is -3.04. The molecule has 0 unspecified atom stereocenters. The zero-order chi connectivity index (χ0) is 21.6. The van der Waals surface area contributed by atoms with Crippen LogP contribution in [0, 0.1) is 12.7 Å². The van der Waals surface area contributed by atoms with Gasteiger partial charge >= 0.3 is 0 Å². The number of hydrogen-bond acceptors (Lipinski definition) is 8. The normalized spacial score (nSPS) is 16.8. The molecule has 0 radical (unpaired) electrons. The maximum absolute atomic E-state index is 14.1. The third-order valence-corrected chi connectivity index (χ3v) is 5.21. The number of para-hydroxylation sites is 1. The van der Waals surface area contributed by atoms with Crippen LogP contribution in [0.4, 0.5) is 21.8 Å². The second-order valence-electron chi connectivity index (χ2n) is 7.12. The van der Waals surface area contributed by atoms with E-state index in [0.29, 0.717) is 31.3 Å². The van der Waals surface area contributed by atoms with Gasteiger partial charge in [0.2, 0.25) is 5.95 Å². The number of aromatic nitrogens is 2. The molecule has 3 heterocycles. The van der Waals surface area contributed by atoms with Crippen molar-refractivity contribution in [3.05, 3.63) is 52.7 Å². The summed E-state index contributed by atoms with van der Waals surface area (Å²) in [5, 5.41) is 8.11. The van der Waals surface area contributed by atoms with E-state index in [9.17, 15) is 4.39 Å². The van der Waals surface area contributed by atoms with E-state index in [1.165, 1.54) is 0 Å². The summed E-state index contributed by atoms with van der Waals surface area (Å²) in [4.78, 5) is 14.6. The second kappa shape index (κ2) is 9.84. The molecule has 2 aliphatic rings. The minimum atomic E-state index is -0.469. The maximum atomic E-state index is 14.1. The van der Waals surface area contributed by atoms with Gasteiger partial charge in [0.25, 0.3) is 0 Å². The summed E-state index contributed by atoms with van der Waals surface area (Å²) in [6.07, 6.45) is 6.36. The number of hydrazone groups is 1. The molecule has 0 atom stereocenters. The number of aliphatic imine (C=N–C) groups is 1. The van der Waals surface area contributed by atoms with Gasteiger partial charge in [0.15, 0.2) is 11.6 Å². The Morgan fingerprint density at radius 3 is 2.94 bits per heavy atom. The smallest absolute Gasteiger partial charge is 0.245 e. The summed E-state index contributed by atoms with van der Waals surface area (Å²) in [5.74, 6) is 0.715. The first kappa shape index (κ1) is 21.2. The summed E-state index contributed by atoms with van der Waals surface area (Å²) in [5.41, 5.74) is 5.43. The van der Waals surface area contributed by atoms with Crippen molar-refractivity contribution >= 4 is 41.0 Å². The topological polar surface area (TPSA) is 87.0 Å². The number of rotatable bonds is 6. The van der Waals surface area contributed by atoms with E-state index in [0.717, 1.165) is 41.8 Å². The number of allylic oxidation sites excluding steroid dienone is 1. The summed E-state index contributed by atoms with van der Waals surface area (Å²) in [6, 6.07) is 5.73. The van der Waals surface area contributed by atoms with Crippen LogP contribution < -0.4 is 15.6 Å². The van der Waals surface area contributed by atoms with Gasteiger partial charge in [-0.05, 0) is 37.5 Å². The lowest BCUT2D eigenvalue weighted by molar-refractivity contribution is 0.122. The van der Waals surface area contributed by atoms with Gasteiger partial charge in [-0.25, -0.2) is 19.8 Å². The number of morpholine rings is 1. The van der Waals surface area contributed by atoms with Gasteiger partial charge in [-0.3, -0.25) is 0 Å². The third kappa shape index (κ3) is 5.36. The Morgan fingerprint density at radius 2 is 2.13 bits per heavy atom. The van der Waals surface area contributed by atoms with Crippen molar-refractivity contribution in [3.63, 3.8) is 0 Å². The van der Waals surface area contributed by atoms with Crippen LogP contribution in [0.5, 0.6) is 0 Å². The minimum absolute atomic E-state index is 0.219. The number of nitrogens with zero attached hydrogens (tertiary/aromatic N) is 5. The van der Waals surface area contributed by atoms with Crippen LogP contribution in [0.2, 0.25) is 5.02 Å². The molecular weight excluding hydrogens is 421 g/mol. The zero-order valence-electron chi connectivity index (χ0n) is 17.1. The van der Waals surface area contributed by atoms with Crippen LogP contribution in [-0.2, 0) is 4.74 Å². The molecule has 10 heteroatoms. The molecule has 0 spiro atoms. The fraction of sp³-hybridized carbons (Fsp3) is 0.333. The van der Waals surface area contributed by atoms with Crippen LogP contribution in [0.25, 0.3) is 0 Å². The van der Waals surface area contributed by atoms with E-state index in [1.807, 2.05) is 36.1 Å². The van der Waals surface area contributed by atoms with Crippen molar-refractivity contribution in [2.45, 2.75) is 19.8 Å². The highest BCUT2D eigenvalue weighted by molar-refractivity contribution is 6.33. The number of aryl methyl sites for hydroxylation is 1. The van der Waals surface area contributed by atoms with Crippen LogP contribution in [0.1, 0.15) is 18.4 Å². The summed E-state index contributed by atoms with van der Waals surface area (Å²) in [7, 11) is 0. The van der Waals surface area contributed by atoms with Crippen molar-refractivity contribution in [1.29, 1.82) is 0 Å². The molecule has 1 saturated heterocycles. The van der Waals surface area contributed by atoms with Crippen LogP contribution in [0.15, 0.2) is 46.4 Å². The monoisotopic (exact) mass is 443 g/mol. The van der Waals surface area contributed by atoms with Gasteiger partial charge in [0, 0.05) is 13.1 Å². The third-order valence-electron chi connectivity index (χ3n) is 4.89. The van der Waals surface area contributed by atoms with E-state index in [4.69, 9.17) is 16.3 Å². The van der Waals surface area contributed by atoms with E-state index in [2.05, 4.69) is 30.8 Å². The maximum Gasteiger partial charge on any atom is 0.245 e. The minimum Gasteiger partial charge on any atom is -0.378 e. The van der Waals surface area contributed by atoms with Gasteiger partial charge in [-0.15, -0.1) is 0 Å². The van der Waals surface area contributed by atoms with E-state index in [1.54, 1.807) is 6.21 Å². The number of anilines is 3. The molecule has 4 rings (SSSR count). The molecule has 0 bridgehead atoms. The molecule has 2 N–H and O–H groups in total. The first-order chi connectivity index (χ1) is 15.1. The summed E-state index contributed by atoms with van der Waals surface area (Å²) < 4.78 is 19.4. The first-order valence-electron chi connectivity index (χ1n) is 10.0. The fourth-order valence-electron chi connectivity index (χ4n) is 3.28. The van der Waals surface area contributed by atoms with Crippen molar-refractivity contribution in [1.82, 2.24) is 9.97 Å². The SMILES string of the molecule is Cc1cccc(Cl)c1NC1=CCCC(/C=N\Nc2ncc(F)c(N3CCOCC3)n2)=N1. The standard InChI is InChI=1S/C21H23ClFN7O/c1-14-4-2-6-16(22)19(14)27-18-7-3-5-15(26-18)12-25-29-21-24-13-17(23)20(28-21)30-8-10-31-11-9-30/h2,4,6-7,12-13,27H,3,5,8-11H2,1H3,(H,24,28,29)/b25-12-. The average molecular weight is 444 g/mol. The Kier molecular flexibility index (Phi) is 6.73. The molecule has 8 nitrogen and oxygen atoms in total. The molecule has 0 amide bonds. The average Bonchev–Trinajstić information content (AvgIpc) is 2.78. The number of halogens is 2. The van der Waals surface area contributed by atoms with Crippen molar-refractivity contribution in [3.8, 4) is 0 Å². The molecule has 2 aliphatic heterocycles. The lowest BCUT2D eigenvalue weighted by Crippen LogP contribution is -2.37. The van der Waals surface area contributed by atoms with Gasteiger partial charge in [0.1, 0.15) is 5.82 Å². The molecule has 0 saturated carbocycles. The van der Waals surface area contributed by atoms with E-state index in [-0.39, 0.29) is 11.8 Å². The largest absolute Gasteiger partial charge is 0.378 e. The number of ether oxygens (including phenoxy) is 1. The summed E-state index contributed by atoms with van der Waals surface area (Å²) >= 11 is 6.29. The van der Waals surface area contributed by atoms with Gasteiger partial charge in [0.05, 0.1) is 42.0 Å². The number of hydrogen-bond donors (Lipinski definition) is 2. The molecule has 1 aromatic heterocycles. The van der Waals surface area contributed by atoms with Gasteiger partial charge in [-0.2, -0.15) is 10.1 Å². The summed E-state index contributed by atoms with van der Waals surface area (Å²) in [6.45, 7) is 4.24. The van der Waals surface area contributed by atoms with Crippen molar-refractivity contribution < 1.29 is 9.13 Å². The van der Waals surface area contributed by atoms with Crippen LogP contribution in [0.3, 0.4) is 0 Å². The Balaban J connectivity index is 1.41. The molecule has 31 heavy (non-hydrogen) atoms. The van der Waals surface area contributed by atoms with Gasteiger partial charge < -0.3 is 15.0 Å². The molecular formula is C21H23ClFN7O. The zero-order valence-corrected chi connectivity index (χ0v) is 17.9. The van der Waals surface area contributed by atoms with E-state index < -0.39 is 5.82 Å². The molecule has 1 aromatic carbocycles. The van der Waals surface area contributed by atoms with E-state index >= 15 is 0 Å². The van der Waals surface area contributed by atoms with Gasteiger partial charge in [-0.1, -0.05) is 23.7 Å². The number of nitrogens with one attached hydrogen (secondary N) is 2. The Labute approximate surface area is 184 Å². The lowest BCUT2D eigenvalue weighted by Gasteiger charge is -2.27.